The maximum atomic E-state index is 12.2. The quantitative estimate of drug-likeness (QED) is 0.587. The summed E-state index contributed by atoms with van der Waals surface area (Å²) in [5, 5.41) is 28.6. The van der Waals surface area contributed by atoms with Gasteiger partial charge in [0.25, 0.3) is 5.69 Å². The van der Waals surface area contributed by atoms with Crippen LogP contribution in [0.3, 0.4) is 0 Å². The number of carbonyl (C=O) groups is 1. The Balaban J connectivity index is 2.22. The SMILES string of the molecule is CCOc1ccc(NC(=O)Cn2nc(C)c([N+](=O)[O-])c2C)c([N+](=O)[O-])c1. The van der Waals surface area contributed by atoms with E-state index in [-0.39, 0.29) is 35.0 Å². The van der Waals surface area contributed by atoms with Gasteiger partial charge >= 0.3 is 5.69 Å². The fourth-order valence-electron chi connectivity index (χ4n) is 2.46. The van der Waals surface area contributed by atoms with Gasteiger partial charge < -0.3 is 10.1 Å². The van der Waals surface area contributed by atoms with Crippen LogP contribution >= 0.6 is 0 Å². The van der Waals surface area contributed by atoms with Crippen LogP contribution in [0, 0.1) is 34.1 Å². The minimum absolute atomic E-state index is 0.000478. The lowest BCUT2D eigenvalue weighted by atomic mass is 10.2. The maximum absolute atomic E-state index is 12.2. The van der Waals surface area contributed by atoms with E-state index >= 15 is 0 Å². The Morgan fingerprint density at radius 2 is 1.96 bits per heavy atom. The Hall–Kier alpha value is -3.50. The van der Waals surface area contributed by atoms with Crippen molar-refractivity contribution in [3.05, 3.63) is 49.8 Å². The summed E-state index contributed by atoms with van der Waals surface area (Å²) in [7, 11) is 0. The maximum Gasteiger partial charge on any atom is 0.312 e. The van der Waals surface area contributed by atoms with Gasteiger partial charge in [-0.1, -0.05) is 0 Å². The molecule has 0 spiro atoms. The summed E-state index contributed by atoms with van der Waals surface area (Å²) in [4.78, 5) is 33.2. The summed E-state index contributed by atoms with van der Waals surface area (Å²) in [5.41, 5.74) is -0.0656. The van der Waals surface area contributed by atoms with Crippen molar-refractivity contribution in [2.45, 2.75) is 27.3 Å². The van der Waals surface area contributed by atoms with Gasteiger partial charge in [-0.15, -0.1) is 0 Å². The molecule has 138 valence electrons. The highest BCUT2D eigenvalue weighted by Gasteiger charge is 2.23. The van der Waals surface area contributed by atoms with Gasteiger partial charge in [0.05, 0.1) is 22.5 Å². The standard InChI is InChI=1S/C15H17N5O6/c1-4-26-11-5-6-12(13(7-11)19(22)23)16-14(21)8-18-10(3)15(20(24)25)9(2)17-18/h5-7H,4,8H2,1-3H3,(H,16,21). The molecule has 0 aliphatic rings. The molecule has 0 fully saturated rings. The third kappa shape index (κ3) is 3.94. The predicted octanol–water partition coefficient (Wildman–Crippen LogP) is 2.35. The summed E-state index contributed by atoms with van der Waals surface area (Å²) in [6.07, 6.45) is 0. The van der Waals surface area contributed by atoms with Gasteiger partial charge in [-0.2, -0.15) is 5.10 Å². The number of nitro groups is 2. The highest BCUT2D eigenvalue weighted by Crippen LogP contribution is 2.29. The van der Waals surface area contributed by atoms with Crippen LogP contribution in [-0.2, 0) is 11.3 Å². The van der Waals surface area contributed by atoms with E-state index < -0.39 is 15.8 Å². The van der Waals surface area contributed by atoms with Crippen LogP contribution in [0.4, 0.5) is 17.1 Å². The molecule has 0 saturated carbocycles. The smallest absolute Gasteiger partial charge is 0.312 e. The third-order valence-corrected chi connectivity index (χ3v) is 3.57. The molecular weight excluding hydrogens is 346 g/mol. The molecule has 1 aromatic carbocycles. The number of nitro benzene ring substituents is 1. The van der Waals surface area contributed by atoms with Crippen molar-refractivity contribution in [2.75, 3.05) is 11.9 Å². The molecule has 0 bridgehead atoms. The van der Waals surface area contributed by atoms with Gasteiger partial charge in [-0.25, -0.2) is 0 Å². The molecule has 0 aliphatic carbocycles. The van der Waals surface area contributed by atoms with E-state index in [0.717, 1.165) is 0 Å². The zero-order valence-corrected chi connectivity index (χ0v) is 14.4. The second kappa shape index (κ2) is 7.59. The van der Waals surface area contributed by atoms with Gasteiger partial charge in [0, 0.05) is 0 Å². The molecule has 2 rings (SSSR count). The Kier molecular flexibility index (Phi) is 5.50. The Morgan fingerprint density at radius 3 is 2.50 bits per heavy atom. The number of hydrogen-bond donors (Lipinski definition) is 1. The number of aryl methyl sites for hydroxylation is 1. The Labute approximate surface area is 147 Å². The van der Waals surface area contributed by atoms with Gasteiger partial charge in [0.15, 0.2) is 0 Å². The third-order valence-electron chi connectivity index (χ3n) is 3.57. The molecule has 0 saturated heterocycles. The number of ether oxygens (including phenoxy) is 1. The number of nitrogens with zero attached hydrogens (tertiary/aromatic N) is 4. The van der Waals surface area contributed by atoms with Gasteiger partial charge in [-0.05, 0) is 32.9 Å². The number of hydrogen-bond acceptors (Lipinski definition) is 7. The first kappa shape index (κ1) is 18.8. The minimum atomic E-state index is -0.633. The van der Waals surface area contributed by atoms with Crippen molar-refractivity contribution in [3.8, 4) is 5.75 Å². The van der Waals surface area contributed by atoms with Crippen LogP contribution < -0.4 is 10.1 Å². The van der Waals surface area contributed by atoms with Crippen molar-refractivity contribution >= 4 is 23.0 Å². The van der Waals surface area contributed by atoms with E-state index in [2.05, 4.69) is 10.4 Å². The number of anilines is 1. The first-order valence-corrected chi connectivity index (χ1v) is 7.64. The van der Waals surface area contributed by atoms with Gasteiger partial charge in [-0.3, -0.25) is 29.7 Å². The molecule has 11 heteroatoms. The molecule has 0 aliphatic heterocycles. The minimum Gasteiger partial charge on any atom is -0.494 e. The average Bonchev–Trinajstić information content (AvgIpc) is 2.82. The van der Waals surface area contributed by atoms with Crippen molar-refractivity contribution in [3.63, 3.8) is 0 Å². The van der Waals surface area contributed by atoms with E-state index in [1.165, 1.54) is 36.7 Å². The molecule has 1 aromatic heterocycles. The molecule has 1 amide bonds. The van der Waals surface area contributed by atoms with Crippen LogP contribution in [-0.4, -0.2) is 32.1 Å². The second-order valence-electron chi connectivity index (χ2n) is 5.35. The molecule has 11 nitrogen and oxygen atoms in total. The van der Waals surface area contributed by atoms with Crippen LogP contribution in [0.25, 0.3) is 0 Å². The van der Waals surface area contributed by atoms with Crippen molar-refractivity contribution < 1.29 is 19.4 Å². The van der Waals surface area contributed by atoms with Crippen molar-refractivity contribution in [2.24, 2.45) is 0 Å². The molecule has 0 atom stereocenters. The highest BCUT2D eigenvalue weighted by molar-refractivity contribution is 5.93. The summed E-state index contributed by atoms with van der Waals surface area (Å²) in [6.45, 7) is 4.72. The number of amides is 1. The van der Waals surface area contributed by atoms with Crippen LogP contribution in [0.5, 0.6) is 5.75 Å². The number of benzene rings is 1. The molecule has 1 heterocycles. The van der Waals surface area contributed by atoms with Crippen LogP contribution in [0.15, 0.2) is 18.2 Å². The van der Waals surface area contributed by atoms with Crippen LogP contribution in [0.2, 0.25) is 0 Å². The Morgan fingerprint density at radius 1 is 1.27 bits per heavy atom. The van der Waals surface area contributed by atoms with E-state index in [4.69, 9.17) is 4.74 Å². The molecule has 0 unspecified atom stereocenters. The first-order chi connectivity index (χ1) is 12.2. The van der Waals surface area contributed by atoms with Gasteiger partial charge in [0.1, 0.15) is 29.4 Å². The molecule has 26 heavy (non-hydrogen) atoms. The summed E-state index contributed by atoms with van der Waals surface area (Å²) < 4.78 is 6.40. The molecule has 2 aromatic rings. The van der Waals surface area contributed by atoms with Crippen molar-refractivity contribution in [1.82, 2.24) is 9.78 Å². The molecule has 1 N–H and O–H groups in total. The topological polar surface area (TPSA) is 142 Å². The van der Waals surface area contributed by atoms with E-state index in [0.29, 0.717) is 12.4 Å². The van der Waals surface area contributed by atoms with E-state index in [1.54, 1.807) is 6.92 Å². The number of aromatic nitrogens is 2. The van der Waals surface area contributed by atoms with E-state index in [9.17, 15) is 25.0 Å². The molecule has 0 radical (unpaired) electrons. The number of rotatable bonds is 7. The molecular formula is C15H17N5O6. The lowest BCUT2D eigenvalue weighted by molar-refractivity contribution is -0.386. The zero-order chi connectivity index (χ0) is 19.4. The summed E-state index contributed by atoms with van der Waals surface area (Å²) in [5.74, 6) is -0.288. The fraction of sp³-hybridized carbons (Fsp3) is 0.333. The summed E-state index contributed by atoms with van der Waals surface area (Å²) in [6, 6.07) is 4.08. The normalized spacial score (nSPS) is 10.4. The highest BCUT2D eigenvalue weighted by atomic mass is 16.6. The lowest BCUT2D eigenvalue weighted by Crippen LogP contribution is -2.21. The number of carbonyl (C=O) groups excluding carboxylic acids is 1. The number of nitrogens with one attached hydrogen (secondary N) is 1. The second-order valence-corrected chi connectivity index (χ2v) is 5.35. The van der Waals surface area contributed by atoms with E-state index in [1.807, 2.05) is 0 Å². The van der Waals surface area contributed by atoms with Crippen LogP contribution in [0.1, 0.15) is 18.3 Å². The zero-order valence-electron chi connectivity index (χ0n) is 14.4. The first-order valence-electron chi connectivity index (χ1n) is 7.64. The van der Waals surface area contributed by atoms with Crippen molar-refractivity contribution in [1.29, 1.82) is 0 Å². The monoisotopic (exact) mass is 363 g/mol. The Bertz CT molecular complexity index is 876. The van der Waals surface area contributed by atoms with Gasteiger partial charge in [0.2, 0.25) is 5.91 Å². The predicted molar refractivity (Wildman–Crippen MR) is 91.3 cm³/mol. The summed E-state index contributed by atoms with van der Waals surface area (Å²) >= 11 is 0. The lowest BCUT2D eigenvalue weighted by Gasteiger charge is -2.09. The average molecular weight is 363 g/mol. The largest absolute Gasteiger partial charge is 0.494 e. The fourth-order valence-corrected chi connectivity index (χ4v) is 2.46.